The minimum absolute atomic E-state index is 0.125. The predicted molar refractivity (Wildman–Crippen MR) is 102 cm³/mol. The highest BCUT2D eigenvalue weighted by molar-refractivity contribution is 9.10. The standard InChI is InChI=1S/C20H19BrN2O3/c1-2-3-12-23-17(13-8-10-22-11-9-13)16(19(25)20(23)26)18(24)14-4-6-15(21)7-5-14/h4-11,17,24H,2-3,12H2,1H3/b18-16-. The maximum atomic E-state index is 12.7. The van der Waals surface area contributed by atoms with Crippen LogP contribution >= 0.6 is 15.9 Å². The molecule has 134 valence electrons. The number of aliphatic hydroxyl groups excluding tert-OH is 1. The van der Waals surface area contributed by atoms with Gasteiger partial charge >= 0.3 is 0 Å². The molecule has 3 rings (SSSR count). The molecule has 0 spiro atoms. The summed E-state index contributed by atoms with van der Waals surface area (Å²) in [5.41, 5.74) is 1.38. The molecule has 1 aliphatic rings. The Bertz CT molecular complexity index is 847. The van der Waals surface area contributed by atoms with Crippen molar-refractivity contribution in [3.8, 4) is 0 Å². The number of rotatable bonds is 5. The monoisotopic (exact) mass is 414 g/mol. The van der Waals surface area contributed by atoms with Crippen molar-refractivity contribution >= 4 is 33.4 Å². The third kappa shape index (κ3) is 3.42. The number of amides is 1. The van der Waals surface area contributed by atoms with Crippen LogP contribution in [-0.4, -0.2) is 33.2 Å². The van der Waals surface area contributed by atoms with Crippen molar-refractivity contribution in [2.24, 2.45) is 0 Å². The molecule has 1 aromatic carbocycles. The molecule has 26 heavy (non-hydrogen) atoms. The van der Waals surface area contributed by atoms with Crippen LogP contribution in [0.3, 0.4) is 0 Å². The molecule has 6 heteroatoms. The van der Waals surface area contributed by atoms with Crippen LogP contribution < -0.4 is 0 Å². The molecule has 0 bridgehead atoms. The first-order chi connectivity index (χ1) is 12.5. The number of carbonyl (C=O) groups excluding carboxylic acids is 2. The molecule has 2 heterocycles. The predicted octanol–water partition coefficient (Wildman–Crippen LogP) is 4.07. The quantitative estimate of drug-likeness (QED) is 0.454. The van der Waals surface area contributed by atoms with E-state index in [2.05, 4.69) is 20.9 Å². The van der Waals surface area contributed by atoms with Crippen LogP contribution in [0, 0.1) is 0 Å². The Balaban J connectivity index is 2.14. The summed E-state index contributed by atoms with van der Waals surface area (Å²) in [6.07, 6.45) is 4.93. The largest absolute Gasteiger partial charge is 0.507 e. The second-order valence-electron chi connectivity index (χ2n) is 6.13. The number of benzene rings is 1. The zero-order valence-corrected chi connectivity index (χ0v) is 15.9. The zero-order valence-electron chi connectivity index (χ0n) is 14.4. The summed E-state index contributed by atoms with van der Waals surface area (Å²) in [6.45, 7) is 2.49. The van der Waals surface area contributed by atoms with Gasteiger partial charge in [0, 0.05) is 29.0 Å². The van der Waals surface area contributed by atoms with Crippen LogP contribution in [0.4, 0.5) is 0 Å². The van der Waals surface area contributed by atoms with Gasteiger partial charge in [-0.2, -0.15) is 0 Å². The number of unbranched alkanes of at least 4 members (excludes halogenated alkanes) is 1. The van der Waals surface area contributed by atoms with Crippen molar-refractivity contribution in [2.45, 2.75) is 25.8 Å². The first-order valence-corrected chi connectivity index (χ1v) is 9.28. The van der Waals surface area contributed by atoms with Crippen LogP contribution in [0.2, 0.25) is 0 Å². The molecule has 5 nitrogen and oxygen atoms in total. The Morgan fingerprint density at radius 1 is 1.15 bits per heavy atom. The summed E-state index contributed by atoms with van der Waals surface area (Å²) < 4.78 is 0.864. The topological polar surface area (TPSA) is 70.5 Å². The average molecular weight is 415 g/mol. The molecule has 1 saturated heterocycles. The van der Waals surface area contributed by atoms with Gasteiger partial charge in [0.1, 0.15) is 5.76 Å². The van der Waals surface area contributed by atoms with E-state index in [0.29, 0.717) is 12.1 Å². The number of carbonyl (C=O) groups is 2. The van der Waals surface area contributed by atoms with E-state index in [1.54, 1.807) is 53.7 Å². The average Bonchev–Trinajstić information content (AvgIpc) is 2.91. The lowest BCUT2D eigenvalue weighted by molar-refractivity contribution is -0.139. The van der Waals surface area contributed by atoms with Gasteiger partial charge in [-0.05, 0) is 36.2 Å². The van der Waals surface area contributed by atoms with Gasteiger partial charge in [-0.3, -0.25) is 14.6 Å². The summed E-state index contributed by atoms with van der Waals surface area (Å²) >= 11 is 3.35. The summed E-state index contributed by atoms with van der Waals surface area (Å²) in [6, 6.07) is 9.92. The van der Waals surface area contributed by atoms with E-state index < -0.39 is 17.7 Å². The maximum absolute atomic E-state index is 12.7. The number of aromatic nitrogens is 1. The molecule has 1 amide bonds. The number of nitrogens with zero attached hydrogens (tertiary/aromatic N) is 2. The number of aliphatic hydroxyl groups is 1. The Kier molecular flexibility index (Phi) is 5.52. The van der Waals surface area contributed by atoms with Crippen molar-refractivity contribution in [3.63, 3.8) is 0 Å². The normalized spacial score (nSPS) is 19.2. The molecule has 0 radical (unpaired) electrons. The fourth-order valence-electron chi connectivity index (χ4n) is 3.09. The first-order valence-electron chi connectivity index (χ1n) is 8.49. The minimum atomic E-state index is -0.650. The summed E-state index contributed by atoms with van der Waals surface area (Å²) in [5, 5.41) is 10.8. The number of likely N-dealkylation sites (tertiary alicyclic amines) is 1. The van der Waals surface area contributed by atoms with Crippen LogP contribution in [0.1, 0.15) is 36.9 Å². The highest BCUT2D eigenvalue weighted by atomic mass is 79.9. The lowest BCUT2D eigenvalue weighted by Gasteiger charge is -2.25. The van der Waals surface area contributed by atoms with Crippen LogP contribution in [-0.2, 0) is 9.59 Å². The molecule has 0 saturated carbocycles. The molecule has 1 unspecified atom stereocenters. The van der Waals surface area contributed by atoms with Gasteiger partial charge in [0.15, 0.2) is 0 Å². The molecule has 2 aromatic rings. The van der Waals surface area contributed by atoms with E-state index in [1.807, 2.05) is 6.92 Å². The molecule has 1 aromatic heterocycles. The zero-order chi connectivity index (χ0) is 18.7. The molecular formula is C20H19BrN2O3. The fraction of sp³-hybridized carbons (Fsp3) is 0.250. The summed E-state index contributed by atoms with van der Waals surface area (Å²) in [4.78, 5) is 30.9. The van der Waals surface area contributed by atoms with Crippen molar-refractivity contribution in [3.05, 3.63) is 70.0 Å². The van der Waals surface area contributed by atoms with Gasteiger partial charge in [-0.1, -0.05) is 41.4 Å². The van der Waals surface area contributed by atoms with E-state index >= 15 is 0 Å². The fourth-order valence-corrected chi connectivity index (χ4v) is 3.36. The molecule has 1 N–H and O–H groups in total. The van der Waals surface area contributed by atoms with Crippen LogP contribution in [0.25, 0.3) is 5.76 Å². The Morgan fingerprint density at radius 2 is 1.81 bits per heavy atom. The third-order valence-corrected chi connectivity index (χ3v) is 4.96. The lowest BCUT2D eigenvalue weighted by atomic mass is 9.96. The van der Waals surface area contributed by atoms with E-state index in [0.717, 1.165) is 22.9 Å². The van der Waals surface area contributed by atoms with Crippen LogP contribution in [0.15, 0.2) is 58.8 Å². The summed E-state index contributed by atoms with van der Waals surface area (Å²) in [7, 11) is 0. The van der Waals surface area contributed by atoms with Gasteiger partial charge in [0.2, 0.25) is 0 Å². The minimum Gasteiger partial charge on any atom is -0.507 e. The SMILES string of the molecule is CCCCN1C(=O)C(=O)/C(=C(\O)c2ccc(Br)cc2)C1c1ccncc1. The molecular weight excluding hydrogens is 396 g/mol. The Labute approximate surface area is 160 Å². The highest BCUT2D eigenvalue weighted by Gasteiger charge is 2.45. The Morgan fingerprint density at radius 3 is 2.42 bits per heavy atom. The number of hydrogen-bond donors (Lipinski definition) is 1. The van der Waals surface area contributed by atoms with Crippen molar-refractivity contribution in [1.82, 2.24) is 9.88 Å². The van der Waals surface area contributed by atoms with Gasteiger partial charge in [0.25, 0.3) is 11.7 Å². The number of ketones is 1. The van der Waals surface area contributed by atoms with E-state index in [-0.39, 0.29) is 11.3 Å². The van der Waals surface area contributed by atoms with Crippen molar-refractivity contribution in [2.75, 3.05) is 6.54 Å². The Hall–Kier alpha value is -2.47. The van der Waals surface area contributed by atoms with Crippen molar-refractivity contribution < 1.29 is 14.7 Å². The molecule has 1 aliphatic heterocycles. The van der Waals surface area contributed by atoms with E-state index in [4.69, 9.17) is 0 Å². The number of halogens is 1. The molecule has 1 atom stereocenters. The third-order valence-electron chi connectivity index (χ3n) is 4.43. The van der Waals surface area contributed by atoms with Gasteiger partial charge < -0.3 is 10.0 Å². The van der Waals surface area contributed by atoms with Crippen LogP contribution in [0.5, 0.6) is 0 Å². The van der Waals surface area contributed by atoms with Crippen molar-refractivity contribution in [1.29, 1.82) is 0 Å². The lowest BCUT2D eigenvalue weighted by Crippen LogP contribution is -2.30. The smallest absolute Gasteiger partial charge is 0.295 e. The van der Waals surface area contributed by atoms with E-state index in [1.165, 1.54) is 0 Å². The number of pyridine rings is 1. The first kappa shape index (κ1) is 18.3. The van der Waals surface area contributed by atoms with Gasteiger partial charge in [0.05, 0.1) is 11.6 Å². The molecule has 1 fully saturated rings. The maximum Gasteiger partial charge on any atom is 0.295 e. The van der Waals surface area contributed by atoms with Gasteiger partial charge in [-0.25, -0.2) is 0 Å². The molecule has 0 aliphatic carbocycles. The van der Waals surface area contributed by atoms with E-state index in [9.17, 15) is 14.7 Å². The number of hydrogen-bond acceptors (Lipinski definition) is 4. The highest BCUT2D eigenvalue weighted by Crippen LogP contribution is 2.39. The van der Waals surface area contributed by atoms with Gasteiger partial charge in [-0.15, -0.1) is 0 Å². The summed E-state index contributed by atoms with van der Waals surface area (Å²) in [5.74, 6) is -1.38. The second-order valence-corrected chi connectivity index (χ2v) is 7.05. The second kappa shape index (κ2) is 7.83. The number of Topliss-reactive ketones (excluding diaryl/α,β-unsaturated/α-hetero) is 1.